The van der Waals surface area contributed by atoms with Crippen molar-refractivity contribution in [2.45, 2.75) is 19.4 Å². The molecule has 0 heterocycles. The minimum Gasteiger partial charge on any atom is -0.313 e. The van der Waals surface area contributed by atoms with E-state index in [0.717, 1.165) is 0 Å². The van der Waals surface area contributed by atoms with E-state index in [1.807, 2.05) is 6.07 Å². The zero-order valence-corrected chi connectivity index (χ0v) is 11.1. The number of likely N-dealkylation sites (N-methyl/N-ethyl adjacent to an activating group) is 1. The number of rotatable bonds is 4. The molecular formula is C16H17F2N. The highest BCUT2D eigenvalue weighted by Crippen LogP contribution is 2.23. The van der Waals surface area contributed by atoms with E-state index < -0.39 is 0 Å². The quantitative estimate of drug-likeness (QED) is 0.883. The van der Waals surface area contributed by atoms with Gasteiger partial charge in [-0.05, 0) is 37.6 Å². The van der Waals surface area contributed by atoms with Gasteiger partial charge in [0.05, 0.1) is 0 Å². The second-order valence-electron chi connectivity index (χ2n) is 4.61. The van der Waals surface area contributed by atoms with Crippen LogP contribution < -0.4 is 5.32 Å². The lowest BCUT2D eigenvalue weighted by atomic mass is 9.97. The minimum absolute atomic E-state index is 0.224. The van der Waals surface area contributed by atoms with Gasteiger partial charge in [-0.1, -0.05) is 36.4 Å². The van der Waals surface area contributed by atoms with Crippen LogP contribution in [-0.4, -0.2) is 7.05 Å². The van der Waals surface area contributed by atoms with Crippen LogP contribution in [0.5, 0.6) is 0 Å². The Bertz CT molecular complexity index is 566. The molecule has 0 aromatic heterocycles. The first-order chi connectivity index (χ1) is 9.13. The van der Waals surface area contributed by atoms with E-state index >= 15 is 0 Å². The van der Waals surface area contributed by atoms with Gasteiger partial charge in [0.15, 0.2) is 0 Å². The molecule has 1 unspecified atom stereocenters. The Hall–Kier alpha value is -1.74. The molecule has 0 bridgehead atoms. The van der Waals surface area contributed by atoms with Crippen LogP contribution in [0, 0.1) is 18.6 Å². The molecule has 0 radical (unpaired) electrons. The Labute approximate surface area is 112 Å². The Balaban J connectivity index is 2.31. The van der Waals surface area contributed by atoms with Gasteiger partial charge in [-0.25, -0.2) is 8.78 Å². The maximum atomic E-state index is 14.1. The fourth-order valence-corrected chi connectivity index (χ4v) is 2.19. The lowest BCUT2D eigenvalue weighted by molar-refractivity contribution is 0.516. The highest BCUT2D eigenvalue weighted by atomic mass is 19.1. The second kappa shape index (κ2) is 5.93. The molecule has 100 valence electrons. The first-order valence-electron chi connectivity index (χ1n) is 6.29. The van der Waals surface area contributed by atoms with Gasteiger partial charge in [0, 0.05) is 11.6 Å². The zero-order valence-electron chi connectivity index (χ0n) is 11.1. The first-order valence-corrected chi connectivity index (χ1v) is 6.29. The van der Waals surface area contributed by atoms with E-state index in [0.29, 0.717) is 23.1 Å². The smallest absolute Gasteiger partial charge is 0.130 e. The van der Waals surface area contributed by atoms with Gasteiger partial charge in [-0.15, -0.1) is 0 Å². The summed E-state index contributed by atoms with van der Waals surface area (Å²) < 4.78 is 27.8. The third-order valence-electron chi connectivity index (χ3n) is 3.33. The lowest BCUT2D eigenvalue weighted by Gasteiger charge is -2.18. The van der Waals surface area contributed by atoms with Gasteiger partial charge >= 0.3 is 0 Å². The normalized spacial score (nSPS) is 12.4. The van der Waals surface area contributed by atoms with E-state index in [1.54, 1.807) is 44.3 Å². The van der Waals surface area contributed by atoms with Gasteiger partial charge in [-0.2, -0.15) is 0 Å². The van der Waals surface area contributed by atoms with Crippen LogP contribution in [0.15, 0.2) is 42.5 Å². The van der Waals surface area contributed by atoms with Crippen LogP contribution in [0.4, 0.5) is 8.78 Å². The van der Waals surface area contributed by atoms with Crippen LogP contribution in [-0.2, 0) is 6.42 Å². The molecule has 2 aromatic carbocycles. The highest BCUT2D eigenvalue weighted by Gasteiger charge is 2.17. The van der Waals surface area contributed by atoms with Crippen molar-refractivity contribution in [3.05, 3.63) is 70.8 Å². The van der Waals surface area contributed by atoms with Gasteiger partial charge < -0.3 is 5.32 Å². The maximum Gasteiger partial charge on any atom is 0.130 e. The lowest BCUT2D eigenvalue weighted by Crippen LogP contribution is -2.21. The van der Waals surface area contributed by atoms with Crippen molar-refractivity contribution in [1.82, 2.24) is 5.32 Å². The molecule has 1 N–H and O–H groups in total. The summed E-state index contributed by atoms with van der Waals surface area (Å²) >= 11 is 0. The molecule has 0 fully saturated rings. The van der Waals surface area contributed by atoms with Gasteiger partial charge in [-0.3, -0.25) is 0 Å². The first kappa shape index (κ1) is 13.7. The van der Waals surface area contributed by atoms with Crippen LogP contribution in [0.3, 0.4) is 0 Å². The average molecular weight is 261 g/mol. The maximum absolute atomic E-state index is 14.1. The topological polar surface area (TPSA) is 12.0 Å². The van der Waals surface area contributed by atoms with Crippen molar-refractivity contribution in [1.29, 1.82) is 0 Å². The standard InChI is InChI=1S/C16H17F2N/c1-11-6-5-8-13(16(11)18)15(19-2)10-12-7-3-4-9-14(12)17/h3-9,15,19H,10H2,1-2H3. The number of benzene rings is 2. The van der Waals surface area contributed by atoms with Crippen molar-refractivity contribution in [2.75, 3.05) is 7.05 Å². The summed E-state index contributed by atoms with van der Waals surface area (Å²) in [6, 6.07) is 11.6. The molecule has 1 atom stereocenters. The number of halogens is 2. The predicted molar refractivity (Wildman–Crippen MR) is 73.0 cm³/mol. The van der Waals surface area contributed by atoms with Crippen LogP contribution in [0.2, 0.25) is 0 Å². The minimum atomic E-state index is -0.254. The molecule has 0 aliphatic carbocycles. The molecule has 2 rings (SSSR count). The Kier molecular flexibility index (Phi) is 4.27. The Morgan fingerprint density at radius 3 is 2.47 bits per heavy atom. The summed E-state index contributed by atoms with van der Waals surface area (Å²) in [7, 11) is 1.76. The van der Waals surface area contributed by atoms with Crippen LogP contribution in [0.1, 0.15) is 22.7 Å². The molecule has 0 aliphatic rings. The number of nitrogens with one attached hydrogen (secondary N) is 1. The fourth-order valence-electron chi connectivity index (χ4n) is 2.19. The number of hydrogen-bond donors (Lipinski definition) is 1. The Morgan fingerprint density at radius 1 is 1.05 bits per heavy atom. The summed E-state index contributed by atoms with van der Waals surface area (Å²) in [4.78, 5) is 0. The SMILES string of the molecule is CNC(Cc1ccccc1F)c1cccc(C)c1F. The van der Waals surface area contributed by atoms with Crippen molar-refractivity contribution < 1.29 is 8.78 Å². The Morgan fingerprint density at radius 2 is 1.79 bits per heavy atom. The third-order valence-corrected chi connectivity index (χ3v) is 3.33. The molecule has 0 amide bonds. The largest absolute Gasteiger partial charge is 0.313 e. The van der Waals surface area contributed by atoms with E-state index in [1.165, 1.54) is 6.07 Å². The molecule has 1 nitrogen and oxygen atoms in total. The number of hydrogen-bond acceptors (Lipinski definition) is 1. The molecule has 19 heavy (non-hydrogen) atoms. The molecule has 0 saturated carbocycles. The molecule has 2 aromatic rings. The second-order valence-corrected chi connectivity index (χ2v) is 4.61. The third kappa shape index (κ3) is 2.99. The van der Waals surface area contributed by atoms with Gasteiger partial charge in [0.1, 0.15) is 11.6 Å². The number of aryl methyl sites for hydroxylation is 1. The van der Waals surface area contributed by atoms with E-state index in [-0.39, 0.29) is 17.7 Å². The zero-order chi connectivity index (χ0) is 13.8. The monoisotopic (exact) mass is 261 g/mol. The van der Waals surface area contributed by atoms with Gasteiger partial charge in [0.2, 0.25) is 0 Å². The molecule has 0 saturated heterocycles. The van der Waals surface area contributed by atoms with Gasteiger partial charge in [0.25, 0.3) is 0 Å². The van der Waals surface area contributed by atoms with E-state index in [9.17, 15) is 8.78 Å². The van der Waals surface area contributed by atoms with Crippen molar-refractivity contribution >= 4 is 0 Å². The summed E-state index contributed by atoms with van der Waals surface area (Å²) in [5, 5.41) is 3.06. The van der Waals surface area contributed by atoms with Crippen molar-refractivity contribution in [2.24, 2.45) is 0 Å². The molecule has 0 aliphatic heterocycles. The molecular weight excluding hydrogens is 244 g/mol. The average Bonchev–Trinajstić information content (AvgIpc) is 2.41. The summed E-state index contributed by atoms with van der Waals surface area (Å²) in [6.45, 7) is 1.73. The highest BCUT2D eigenvalue weighted by molar-refractivity contribution is 5.29. The fraction of sp³-hybridized carbons (Fsp3) is 0.250. The van der Waals surface area contributed by atoms with Crippen LogP contribution >= 0.6 is 0 Å². The molecule has 0 spiro atoms. The van der Waals surface area contributed by atoms with E-state index in [2.05, 4.69) is 5.32 Å². The van der Waals surface area contributed by atoms with Crippen molar-refractivity contribution in [3.63, 3.8) is 0 Å². The summed E-state index contributed by atoms with van der Waals surface area (Å²) in [5.74, 6) is -0.478. The van der Waals surface area contributed by atoms with Crippen LogP contribution in [0.25, 0.3) is 0 Å². The molecule has 3 heteroatoms. The summed E-state index contributed by atoms with van der Waals surface area (Å²) in [6.07, 6.45) is 0.420. The van der Waals surface area contributed by atoms with Crippen molar-refractivity contribution in [3.8, 4) is 0 Å². The summed E-state index contributed by atoms with van der Waals surface area (Å²) in [5.41, 5.74) is 1.76. The van der Waals surface area contributed by atoms with E-state index in [4.69, 9.17) is 0 Å². The predicted octanol–water partition coefficient (Wildman–Crippen LogP) is 3.78.